The second-order valence-electron chi connectivity index (χ2n) is 4.90. The highest BCUT2D eigenvalue weighted by Crippen LogP contribution is 2.26. The van der Waals surface area contributed by atoms with E-state index in [4.69, 9.17) is 0 Å². The van der Waals surface area contributed by atoms with Crippen LogP contribution >= 0.6 is 0 Å². The molecule has 0 aliphatic rings. The fraction of sp³-hybridized carbons (Fsp3) is 0.333. The quantitative estimate of drug-likeness (QED) is 0.847. The van der Waals surface area contributed by atoms with Crippen LogP contribution in [0.25, 0.3) is 11.3 Å². The Balaban J connectivity index is 2.47. The van der Waals surface area contributed by atoms with Gasteiger partial charge in [0.15, 0.2) is 0 Å². The summed E-state index contributed by atoms with van der Waals surface area (Å²) < 4.78 is 1.80. The van der Waals surface area contributed by atoms with Crippen LogP contribution in [0.5, 0.6) is 0 Å². The number of hydrogen-bond acceptors (Lipinski definition) is 2. The van der Waals surface area contributed by atoms with Crippen molar-refractivity contribution in [3.05, 3.63) is 42.1 Å². The first-order chi connectivity index (χ1) is 9.02. The van der Waals surface area contributed by atoms with Gasteiger partial charge in [0.2, 0.25) is 5.91 Å². The summed E-state index contributed by atoms with van der Waals surface area (Å²) in [5.74, 6) is 0.0419. The van der Waals surface area contributed by atoms with E-state index in [0.717, 1.165) is 16.8 Å². The van der Waals surface area contributed by atoms with Crippen LogP contribution in [0, 0.1) is 6.92 Å². The second kappa shape index (κ2) is 5.26. The minimum atomic E-state index is -0.307. The summed E-state index contributed by atoms with van der Waals surface area (Å²) in [6.07, 6.45) is 1.81. The molecule has 0 aliphatic heterocycles. The molecular formula is C15H19N3O. The zero-order valence-electron chi connectivity index (χ0n) is 11.8. The molecule has 1 unspecified atom stereocenters. The van der Waals surface area contributed by atoms with Crippen LogP contribution in [0.4, 0.5) is 0 Å². The molecule has 19 heavy (non-hydrogen) atoms. The fourth-order valence-corrected chi connectivity index (χ4v) is 2.18. The molecule has 0 fully saturated rings. The van der Waals surface area contributed by atoms with E-state index in [1.165, 1.54) is 0 Å². The first kappa shape index (κ1) is 13.3. The molecule has 1 aromatic carbocycles. The fourth-order valence-electron chi connectivity index (χ4n) is 2.18. The number of carbonyl (C=O) groups excluding carboxylic acids is 1. The van der Waals surface area contributed by atoms with Crippen molar-refractivity contribution in [3.8, 4) is 11.3 Å². The Morgan fingerprint density at radius 1 is 1.26 bits per heavy atom. The predicted molar refractivity (Wildman–Crippen MR) is 75.8 cm³/mol. The summed E-state index contributed by atoms with van der Waals surface area (Å²) in [6, 6.07) is 9.72. The maximum Gasteiger partial charge on any atom is 0.246 e. The molecule has 0 spiro atoms. The van der Waals surface area contributed by atoms with Crippen molar-refractivity contribution in [2.75, 3.05) is 14.1 Å². The van der Waals surface area contributed by atoms with Gasteiger partial charge in [0.25, 0.3) is 0 Å². The van der Waals surface area contributed by atoms with Gasteiger partial charge in [0.05, 0.1) is 11.9 Å². The lowest BCUT2D eigenvalue weighted by molar-refractivity contribution is -0.131. The molecule has 1 amide bonds. The molecule has 1 aromatic heterocycles. The topological polar surface area (TPSA) is 38.1 Å². The molecular weight excluding hydrogens is 238 g/mol. The summed E-state index contributed by atoms with van der Waals surface area (Å²) in [4.78, 5) is 13.7. The van der Waals surface area contributed by atoms with Crippen LogP contribution in [0.2, 0.25) is 0 Å². The lowest BCUT2D eigenvalue weighted by Gasteiger charge is -2.19. The summed E-state index contributed by atoms with van der Waals surface area (Å²) in [6.45, 7) is 3.89. The Labute approximate surface area is 113 Å². The van der Waals surface area contributed by atoms with Gasteiger partial charge in [-0.15, -0.1) is 0 Å². The van der Waals surface area contributed by atoms with Crippen molar-refractivity contribution in [2.45, 2.75) is 19.9 Å². The van der Waals surface area contributed by atoms with E-state index in [2.05, 4.69) is 5.10 Å². The first-order valence-electron chi connectivity index (χ1n) is 6.33. The van der Waals surface area contributed by atoms with E-state index >= 15 is 0 Å². The van der Waals surface area contributed by atoms with Gasteiger partial charge in [-0.2, -0.15) is 5.10 Å². The number of nitrogens with zero attached hydrogens (tertiary/aromatic N) is 3. The SMILES string of the molecule is Cc1cnn(C(C)C(=O)N(C)C)c1-c1ccccc1. The van der Waals surface area contributed by atoms with Crippen molar-refractivity contribution in [3.63, 3.8) is 0 Å². The molecule has 0 saturated carbocycles. The van der Waals surface area contributed by atoms with Crippen LogP contribution in [0.15, 0.2) is 36.5 Å². The van der Waals surface area contributed by atoms with Crippen molar-refractivity contribution in [1.82, 2.24) is 14.7 Å². The number of aromatic nitrogens is 2. The maximum absolute atomic E-state index is 12.1. The van der Waals surface area contributed by atoms with E-state index in [9.17, 15) is 4.79 Å². The van der Waals surface area contributed by atoms with Crippen LogP contribution < -0.4 is 0 Å². The van der Waals surface area contributed by atoms with E-state index in [1.807, 2.05) is 50.4 Å². The van der Waals surface area contributed by atoms with Gasteiger partial charge in [-0.3, -0.25) is 9.48 Å². The first-order valence-corrected chi connectivity index (χ1v) is 6.33. The molecule has 1 heterocycles. The molecule has 1 atom stereocenters. The van der Waals surface area contributed by atoms with Gasteiger partial charge < -0.3 is 4.90 Å². The molecule has 2 rings (SSSR count). The van der Waals surface area contributed by atoms with E-state index < -0.39 is 0 Å². The Hall–Kier alpha value is -2.10. The highest BCUT2D eigenvalue weighted by Gasteiger charge is 2.21. The van der Waals surface area contributed by atoms with Crippen molar-refractivity contribution in [2.24, 2.45) is 0 Å². The molecule has 0 aliphatic carbocycles. The molecule has 0 bridgehead atoms. The number of aryl methyl sites for hydroxylation is 1. The number of amides is 1. The van der Waals surface area contributed by atoms with Gasteiger partial charge in [-0.05, 0) is 19.4 Å². The van der Waals surface area contributed by atoms with Gasteiger partial charge in [0.1, 0.15) is 6.04 Å². The summed E-state index contributed by atoms with van der Waals surface area (Å²) in [7, 11) is 3.52. The smallest absolute Gasteiger partial charge is 0.246 e. The Bertz CT molecular complexity index is 572. The van der Waals surface area contributed by atoms with E-state index in [-0.39, 0.29) is 11.9 Å². The summed E-state index contributed by atoms with van der Waals surface area (Å²) in [5.41, 5.74) is 3.16. The number of hydrogen-bond donors (Lipinski definition) is 0. The average Bonchev–Trinajstić information content (AvgIpc) is 2.79. The number of carbonyl (C=O) groups is 1. The molecule has 4 nitrogen and oxygen atoms in total. The number of rotatable bonds is 3. The number of likely N-dealkylation sites (N-methyl/N-ethyl adjacent to an activating group) is 1. The summed E-state index contributed by atoms with van der Waals surface area (Å²) >= 11 is 0. The van der Waals surface area contributed by atoms with Gasteiger partial charge in [-0.25, -0.2) is 0 Å². The highest BCUT2D eigenvalue weighted by molar-refractivity contribution is 5.80. The van der Waals surface area contributed by atoms with E-state index in [1.54, 1.807) is 23.7 Å². The molecule has 4 heteroatoms. The lowest BCUT2D eigenvalue weighted by atomic mass is 10.1. The normalized spacial score (nSPS) is 12.2. The third-order valence-electron chi connectivity index (χ3n) is 3.19. The third kappa shape index (κ3) is 2.52. The maximum atomic E-state index is 12.1. The average molecular weight is 257 g/mol. The molecule has 0 N–H and O–H groups in total. The molecule has 100 valence electrons. The number of benzene rings is 1. The van der Waals surface area contributed by atoms with Crippen molar-refractivity contribution >= 4 is 5.91 Å². The van der Waals surface area contributed by atoms with Gasteiger partial charge >= 0.3 is 0 Å². The largest absolute Gasteiger partial charge is 0.347 e. The predicted octanol–water partition coefficient (Wildman–Crippen LogP) is 2.51. The minimum Gasteiger partial charge on any atom is -0.347 e. The lowest BCUT2D eigenvalue weighted by Crippen LogP contribution is -2.30. The minimum absolute atomic E-state index is 0.0419. The van der Waals surface area contributed by atoms with Crippen molar-refractivity contribution in [1.29, 1.82) is 0 Å². The Morgan fingerprint density at radius 3 is 2.47 bits per heavy atom. The zero-order valence-corrected chi connectivity index (χ0v) is 11.8. The van der Waals surface area contributed by atoms with Crippen molar-refractivity contribution < 1.29 is 4.79 Å². The summed E-state index contributed by atoms with van der Waals surface area (Å²) in [5, 5.41) is 4.36. The zero-order chi connectivity index (χ0) is 14.0. The van der Waals surface area contributed by atoms with E-state index in [0.29, 0.717) is 0 Å². The van der Waals surface area contributed by atoms with Crippen LogP contribution in [0.1, 0.15) is 18.5 Å². The third-order valence-corrected chi connectivity index (χ3v) is 3.19. The molecule has 0 saturated heterocycles. The standard InChI is InChI=1S/C15H19N3O/c1-11-10-16-18(12(2)15(19)17(3)4)14(11)13-8-6-5-7-9-13/h5-10,12H,1-4H3. The van der Waals surface area contributed by atoms with Crippen LogP contribution in [-0.2, 0) is 4.79 Å². The Morgan fingerprint density at radius 2 is 1.89 bits per heavy atom. The van der Waals surface area contributed by atoms with Gasteiger partial charge in [0, 0.05) is 19.7 Å². The highest BCUT2D eigenvalue weighted by atomic mass is 16.2. The second-order valence-corrected chi connectivity index (χ2v) is 4.90. The van der Waals surface area contributed by atoms with Gasteiger partial charge in [-0.1, -0.05) is 30.3 Å². The van der Waals surface area contributed by atoms with Crippen LogP contribution in [-0.4, -0.2) is 34.7 Å². The molecule has 0 radical (unpaired) electrons. The monoisotopic (exact) mass is 257 g/mol. The Kier molecular flexibility index (Phi) is 3.69. The molecule has 2 aromatic rings. The van der Waals surface area contributed by atoms with Crippen LogP contribution in [0.3, 0.4) is 0 Å².